The molecule has 0 aromatic heterocycles. The van der Waals surface area contributed by atoms with Crippen LogP contribution in [0.25, 0.3) is 6.08 Å². The second kappa shape index (κ2) is 6.68. The zero-order chi connectivity index (χ0) is 17.9. The van der Waals surface area contributed by atoms with E-state index in [1.807, 2.05) is 44.2 Å². The van der Waals surface area contributed by atoms with E-state index in [4.69, 9.17) is 15.3 Å². The van der Waals surface area contributed by atoms with Crippen LogP contribution in [-0.2, 0) is 4.84 Å². The summed E-state index contributed by atoms with van der Waals surface area (Å²) in [5.41, 5.74) is 7.70. The minimum Gasteiger partial charge on any atom is -0.483 e. The molecule has 128 valence electrons. The number of para-hydroxylation sites is 1. The van der Waals surface area contributed by atoms with Crippen LogP contribution in [0.4, 0.5) is 10.5 Å². The van der Waals surface area contributed by atoms with Crippen LogP contribution in [0.3, 0.4) is 0 Å². The van der Waals surface area contributed by atoms with E-state index >= 15 is 0 Å². The van der Waals surface area contributed by atoms with Crippen LogP contribution < -0.4 is 15.8 Å². The average Bonchev–Trinajstić information content (AvgIpc) is 2.59. The highest BCUT2D eigenvalue weighted by atomic mass is 16.7. The van der Waals surface area contributed by atoms with Crippen molar-refractivity contribution < 1.29 is 14.4 Å². The van der Waals surface area contributed by atoms with Crippen LogP contribution in [0, 0.1) is 0 Å². The molecule has 25 heavy (non-hydrogen) atoms. The van der Waals surface area contributed by atoms with Gasteiger partial charge in [-0.1, -0.05) is 29.4 Å². The summed E-state index contributed by atoms with van der Waals surface area (Å²) in [6.07, 6.45) is 3.23. The van der Waals surface area contributed by atoms with E-state index in [9.17, 15) is 4.79 Å². The maximum Gasteiger partial charge on any atom is 0.437 e. The van der Waals surface area contributed by atoms with Gasteiger partial charge in [-0.25, -0.2) is 4.79 Å². The largest absolute Gasteiger partial charge is 0.483 e. The van der Waals surface area contributed by atoms with Crippen molar-refractivity contribution in [2.45, 2.75) is 19.4 Å². The highest BCUT2D eigenvalue weighted by molar-refractivity contribution is 5.98. The van der Waals surface area contributed by atoms with Gasteiger partial charge in [0.15, 0.2) is 5.84 Å². The Bertz CT molecular complexity index is 842. The predicted molar refractivity (Wildman–Crippen MR) is 97.5 cm³/mol. The SMILES string of the molecule is CC1(C)C=Cc2cc(/C(N)=N/OC(=O)Nc3ccccc3)ccc2O1. The number of oxime groups is 1. The number of carbonyl (C=O) groups excluding carboxylic acids is 1. The molecule has 1 amide bonds. The van der Waals surface area contributed by atoms with E-state index in [1.165, 1.54) is 0 Å². The van der Waals surface area contributed by atoms with Gasteiger partial charge in [-0.05, 0) is 50.3 Å². The van der Waals surface area contributed by atoms with E-state index < -0.39 is 6.09 Å². The average molecular weight is 337 g/mol. The number of hydrogen-bond donors (Lipinski definition) is 2. The van der Waals surface area contributed by atoms with Gasteiger partial charge in [0, 0.05) is 16.8 Å². The van der Waals surface area contributed by atoms with Crippen LogP contribution in [0.2, 0.25) is 0 Å². The van der Waals surface area contributed by atoms with Crippen molar-refractivity contribution in [1.82, 2.24) is 0 Å². The first-order valence-corrected chi connectivity index (χ1v) is 7.82. The van der Waals surface area contributed by atoms with E-state index in [2.05, 4.69) is 10.5 Å². The zero-order valence-corrected chi connectivity index (χ0v) is 14.0. The number of nitrogens with two attached hydrogens (primary N) is 1. The topological polar surface area (TPSA) is 85.9 Å². The van der Waals surface area contributed by atoms with Crippen LogP contribution in [0.5, 0.6) is 5.75 Å². The fourth-order valence-corrected chi connectivity index (χ4v) is 2.34. The lowest BCUT2D eigenvalue weighted by molar-refractivity contribution is 0.159. The molecule has 0 aliphatic carbocycles. The smallest absolute Gasteiger partial charge is 0.437 e. The molecule has 0 saturated carbocycles. The summed E-state index contributed by atoms with van der Waals surface area (Å²) < 4.78 is 5.86. The summed E-state index contributed by atoms with van der Waals surface area (Å²) >= 11 is 0. The molecule has 6 heteroatoms. The second-order valence-corrected chi connectivity index (χ2v) is 6.14. The minimum absolute atomic E-state index is 0.101. The zero-order valence-electron chi connectivity index (χ0n) is 14.0. The molecular weight excluding hydrogens is 318 g/mol. The Kier molecular flexibility index (Phi) is 4.43. The first kappa shape index (κ1) is 16.6. The van der Waals surface area contributed by atoms with Crippen LogP contribution in [-0.4, -0.2) is 17.5 Å². The van der Waals surface area contributed by atoms with Gasteiger partial charge in [0.25, 0.3) is 0 Å². The lowest BCUT2D eigenvalue weighted by Gasteiger charge is -2.27. The summed E-state index contributed by atoms with van der Waals surface area (Å²) in [7, 11) is 0. The number of anilines is 1. The Morgan fingerprint density at radius 2 is 1.96 bits per heavy atom. The molecule has 0 saturated heterocycles. The van der Waals surface area contributed by atoms with Crippen molar-refractivity contribution in [2.24, 2.45) is 10.9 Å². The lowest BCUT2D eigenvalue weighted by Crippen LogP contribution is -2.27. The molecule has 1 heterocycles. The van der Waals surface area contributed by atoms with Gasteiger partial charge in [-0.3, -0.25) is 10.2 Å². The molecule has 2 aromatic carbocycles. The van der Waals surface area contributed by atoms with E-state index in [-0.39, 0.29) is 11.4 Å². The van der Waals surface area contributed by atoms with Crippen molar-refractivity contribution in [3.05, 3.63) is 65.7 Å². The number of amides is 1. The first-order chi connectivity index (χ1) is 11.9. The molecular formula is C19H19N3O3. The molecule has 2 aromatic rings. The highest BCUT2D eigenvalue weighted by Crippen LogP contribution is 2.31. The third-order valence-corrected chi connectivity index (χ3v) is 3.59. The summed E-state index contributed by atoms with van der Waals surface area (Å²) in [5, 5.41) is 6.24. The number of benzene rings is 2. The summed E-state index contributed by atoms with van der Waals surface area (Å²) in [6, 6.07) is 14.4. The van der Waals surface area contributed by atoms with E-state index in [0.29, 0.717) is 11.3 Å². The third-order valence-electron chi connectivity index (χ3n) is 3.59. The van der Waals surface area contributed by atoms with Crippen molar-refractivity contribution in [3.8, 4) is 5.75 Å². The van der Waals surface area contributed by atoms with Gasteiger partial charge in [0.1, 0.15) is 11.4 Å². The predicted octanol–water partition coefficient (Wildman–Crippen LogP) is 3.74. The van der Waals surface area contributed by atoms with Crippen LogP contribution in [0.15, 0.2) is 59.8 Å². The number of amidine groups is 1. The number of carbonyl (C=O) groups is 1. The van der Waals surface area contributed by atoms with E-state index in [0.717, 1.165) is 11.3 Å². The first-order valence-electron chi connectivity index (χ1n) is 7.82. The molecule has 1 aliphatic heterocycles. The third kappa shape index (κ3) is 4.17. The Hall–Kier alpha value is -3.28. The van der Waals surface area contributed by atoms with Gasteiger partial charge < -0.3 is 10.5 Å². The molecule has 6 nitrogen and oxygen atoms in total. The molecule has 0 spiro atoms. The molecule has 0 bridgehead atoms. The number of nitrogens with zero attached hydrogens (tertiary/aromatic N) is 1. The number of rotatable bonds is 3. The Morgan fingerprint density at radius 3 is 2.72 bits per heavy atom. The van der Waals surface area contributed by atoms with Crippen molar-refractivity contribution in [3.63, 3.8) is 0 Å². The minimum atomic E-state index is -0.711. The molecule has 0 radical (unpaired) electrons. The quantitative estimate of drug-likeness (QED) is 0.387. The highest BCUT2D eigenvalue weighted by Gasteiger charge is 2.21. The van der Waals surface area contributed by atoms with Gasteiger partial charge in [-0.2, -0.15) is 0 Å². The fourth-order valence-electron chi connectivity index (χ4n) is 2.34. The monoisotopic (exact) mass is 337 g/mol. The standard InChI is InChI=1S/C19H19N3O3/c1-19(2)11-10-13-12-14(8-9-16(13)24-19)17(20)22-25-18(23)21-15-6-4-3-5-7-15/h3-12H,1-2H3,(H2,20,22)(H,21,23). The Balaban J connectivity index is 1.68. The number of fused-ring (bicyclic) bond motifs is 1. The van der Waals surface area contributed by atoms with Crippen LogP contribution in [0.1, 0.15) is 25.0 Å². The molecule has 0 fully saturated rings. The van der Waals surface area contributed by atoms with E-state index in [1.54, 1.807) is 30.3 Å². The second-order valence-electron chi connectivity index (χ2n) is 6.14. The van der Waals surface area contributed by atoms with Gasteiger partial charge in [0.2, 0.25) is 0 Å². The summed E-state index contributed by atoms with van der Waals surface area (Å²) in [5.74, 6) is 0.871. The van der Waals surface area contributed by atoms with Crippen molar-refractivity contribution in [2.75, 3.05) is 5.32 Å². The fraction of sp³-hybridized carbons (Fsp3) is 0.158. The maximum absolute atomic E-state index is 11.7. The summed E-state index contributed by atoms with van der Waals surface area (Å²) in [6.45, 7) is 3.96. The molecule has 1 aliphatic rings. The molecule has 3 N–H and O–H groups in total. The number of hydrogen-bond acceptors (Lipinski definition) is 4. The molecule has 0 unspecified atom stereocenters. The maximum atomic E-state index is 11.7. The number of nitrogens with one attached hydrogen (secondary N) is 1. The van der Waals surface area contributed by atoms with Crippen LogP contribution >= 0.6 is 0 Å². The lowest BCUT2D eigenvalue weighted by atomic mass is 10.0. The van der Waals surface area contributed by atoms with Gasteiger partial charge in [-0.15, -0.1) is 0 Å². The summed E-state index contributed by atoms with van der Waals surface area (Å²) in [4.78, 5) is 16.5. The Labute approximate surface area is 145 Å². The molecule has 3 rings (SSSR count). The number of ether oxygens (including phenoxy) is 1. The van der Waals surface area contributed by atoms with Crippen molar-refractivity contribution in [1.29, 1.82) is 0 Å². The van der Waals surface area contributed by atoms with Gasteiger partial charge in [0.05, 0.1) is 0 Å². The normalized spacial score (nSPS) is 15.0. The Morgan fingerprint density at radius 1 is 1.20 bits per heavy atom. The molecule has 0 atom stereocenters. The van der Waals surface area contributed by atoms with Gasteiger partial charge >= 0.3 is 6.09 Å². The van der Waals surface area contributed by atoms with Crippen molar-refractivity contribution >= 4 is 23.7 Å².